The van der Waals surface area contributed by atoms with E-state index in [1.165, 1.54) is 37.4 Å². The number of anilines is 4. The van der Waals surface area contributed by atoms with Gasteiger partial charge in [0.25, 0.3) is 5.56 Å². The van der Waals surface area contributed by atoms with Gasteiger partial charge in [0.15, 0.2) is 0 Å². The number of fused-ring (bicyclic) bond motifs is 1. The summed E-state index contributed by atoms with van der Waals surface area (Å²) in [4.78, 5) is 44.8. The Hall–Kier alpha value is -3.92. The van der Waals surface area contributed by atoms with E-state index >= 15 is 0 Å². The second-order valence-electron chi connectivity index (χ2n) is 6.95. The maximum Gasteiger partial charge on any atom is 0.258 e. The fraction of sp³-hybridized carbons (Fsp3) is 0.143. The first-order valence-electron chi connectivity index (χ1n) is 9.45. The molecule has 9 nitrogen and oxygen atoms in total. The molecule has 0 aliphatic carbocycles. The molecule has 2 amide bonds. The van der Waals surface area contributed by atoms with E-state index in [9.17, 15) is 18.8 Å². The average molecular weight is 458 g/mol. The third kappa shape index (κ3) is 4.40. The molecule has 11 heteroatoms. The molecule has 4 rings (SSSR count). The van der Waals surface area contributed by atoms with Crippen LogP contribution >= 0.6 is 11.6 Å². The Morgan fingerprint density at radius 2 is 1.97 bits per heavy atom. The van der Waals surface area contributed by atoms with Crippen LogP contribution in [0.25, 0.3) is 0 Å². The van der Waals surface area contributed by atoms with E-state index in [0.717, 1.165) is 0 Å². The summed E-state index contributed by atoms with van der Waals surface area (Å²) < 4.78 is 18.3. The molecule has 3 aromatic rings. The van der Waals surface area contributed by atoms with Crippen LogP contribution in [0.5, 0.6) is 5.75 Å². The van der Waals surface area contributed by atoms with E-state index in [4.69, 9.17) is 16.3 Å². The second kappa shape index (κ2) is 8.67. The SMILES string of the molecule is COc1ccc(Cl)cc1NC(=O)[C@H]1CC(=O)Nc2nc(Nc3ccc(F)cc3)[nH]c(=O)c21. The highest BCUT2D eigenvalue weighted by Gasteiger charge is 2.35. The van der Waals surface area contributed by atoms with Crippen LogP contribution in [-0.4, -0.2) is 28.9 Å². The van der Waals surface area contributed by atoms with Gasteiger partial charge in [-0.2, -0.15) is 4.98 Å². The summed E-state index contributed by atoms with van der Waals surface area (Å²) in [5.74, 6) is -2.20. The maximum absolute atomic E-state index is 13.1. The number of carbonyl (C=O) groups is 2. The molecule has 0 unspecified atom stereocenters. The molecule has 0 saturated heterocycles. The fourth-order valence-electron chi connectivity index (χ4n) is 3.32. The van der Waals surface area contributed by atoms with Crippen molar-refractivity contribution >= 4 is 46.6 Å². The number of nitrogens with one attached hydrogen (secondary N) is 4. The first-order valence-corrected chi connectivity index (χ1v) is 9.83. The average Bonchev–Trinajstić information content (AvgIpc) is 2.74. The number of H-pyrrole nitrogens is 1. The highest BCUT2D eigenvalue weighted by molar-refractivity contribution is 6.31. The van der Waals surface area contributed by atoms with Gasteiger partial charge in [-0.3, -0.25) is 19.4 Å². The van der Waals surface area contributed by atoms with Crippen LogP contribution in [0, 0.1) is 5.82 Å². The summed E-state index contributed by atoms with van der Waals surface area (Å²) in [5, 5.41) is 8.38. The van der Waals surface area contributed by atoms with Crippen molar-refractivity contribution in [3.05, 3.63) is 69.2 Å². The molecule has 1 aliphatic heterocycles. The van der Waals surface area contributed by atoms with Crippen molar-refractivity contribution in [2.45, 2.75) is 12.3 Å². The molecule has 0 radical (unpaired) electrons. The largest absolute Gasteiger partial charge is 0.495 e. The standard InChI is InChI=1S/C21H17ClFN5O4/c1-32-15-7-2-10(22)8-14(15)25-19(30)13-9-16(29)26-18-17(13)20(31)28-21(27-18)24-12-5-3-11(23)4-6-12/h2-8,13H,9H2,1H3,(H,25,30)(H3,24,26,27,28,29,31)/t13-/m0/s1. The molecule has 164 valence electrons. The Balaban J connectivity index is 1.65. The van der Waals surface area contributed by atoms with Crippen LogP contribution in [0.3, 0.4) is 0 Å². The van der Waals surface area contributed by atoms with Gasteiger partial charge in [-0.25, -0.2) is 4.39 Å². The highest BCUT2D eigenvalue weighted by Crippen LogP contribution is 2.33. The lowest BCUT2D eigenvalue weighted by Gasteiger charge is -2.24. The van der Waals surface area contributed by atoms with Crippen molar-refractivity contribution in [3.63, 3.8) is 0 Å². The minimum atomic E-state index is -1.08. The minimum absolute atomic E-state index is 0.0211. The molecule has 2 aromatic carbocycles. The van der Waals surface area contributed by atoms with Gasteiger partial charge in [-0.1, -0.05) is 11.6 Å². The van der Waals surface area contributed by atoms with Crippen molar-refractivity contribution in [1.82, 2.24) is 9.97 Å². The van der Waals surface area contributed by atoms with Gasteiger partial charge in [0, 0.05) is 17.1 Å². The van der Waals surface area contributed by atoms with E-state index in [2.05, 4.69) is 25.9 Å². The van der Waals surface area contributed by atoms with E-state index in [-0.39, 0.29) is 23.8 Å². The summed E-state index contributed by atoms with van der Waals surface area (Å²) in [6.07, 6.45) is -0.239. The number of ether oxygens (including phenoxy) is 1. The number of hydrogen-bond donors (Lipinski definition) is 4. The van der Waals surface area contributed by atoms with Crippen molar-refractivity contribution in [3.8, 4) is 5.75 Å². The Morgan fingerprint density at radius 1 is 1.22 bits per heavy atom. The molecule has 0 spiro atoms. The fourth-order valence-corrected chi connectivity index (χ4v) is 3.49. The quantitative estimate of drug-likeness (QED) is 0.465. The van der Waals surface area contributed by atoms with Crippen LogP contribution in [-0.2, 0) is 9.59 Å². The van der Waals surface area contributed by atoms with E-state index in [1.807, 2.05) is 0 Å². The number of halogens is 2. The lowest BCUT2D eigenvalue weighted by molar-refractivity contribution is -0.123. The molecule has 0 bridgehead atoms. The Labute approximate surface area is 186 Å². The smallest absolute Gasteiger partial charge is 0.258 e. The third-order valence-corrected chi connectivity index (χ3v) is 5.03. The lowest BCUT2D eigenvalue weighted by Crippen LogP contribution is -2.36. The van der Waals surface area contributed by atoms with Gasteiger partial charge in [-0.05, 0) is 42.5 Å². The Morgan fingerprint density at radius 3 is 2.69 bits per heavy atom. The number of rotatable bonds is 5. The second-order valence-corrected chi connectivity index (χ2v) is 7.38. The first-order chi connectivity index (χ1) is 15.3. The Kier molecular flexibility index (Phi) is 5.78. The topological polar surface area (TPSA) is 125 Å². The normalized spacial score (nSPS) is 14.8. The van der Waals surface area contributed by atoms with Crippen LogP contribution in [0.2, 0.25) is 5.02 Å². The summed E-state index contributed by atoms with van der Waals surface area (Å²) in [6, 6.07) is 10.1. The summed E-state index contributed by atoms with van der Waals surface area (Å²) in [6.45, 7) is 0. The highest BCUT2D eigenvalue weighted by atomic mass is 35.5. The molecule has 1 atom stereocenters. The van der Waals surface area contributed by atoms with Crippen molar-refractivity contribution in [2.24, 2.45) is 0 Å². The molecular weight excluding hydrogens is 441 g/mol. The Bertz CT molecular complexity index is 1260. The number of amides is 2. The zero-order valence-electron chi connectivity index (χ0n) is 16.7. The molecule has 0 fully saturated rings. The number of methoxy groups -OCH3 is 1. The van der Waals surface area contributed by atoms with Gasteiger partial charge < -0.3 is 20.7 Å². The molecule has 2 heterocycles. The predicted molar refractivity (Wildman–Crippen MR) is 117 cm³/mol. The predicted octanol–water partition coefficient (Wildman–Crippen LogP) is 3.38. The van der Waals surface area contributed by atoms with Crippen LogP contribution in [0.1, 0.15) is 17.9 Å². The van der Waals surface area contributed by atoms with Gasteiger partial charge in [0.2, 0.25) is 17.8 Å². The number of aromatic amines is 1. The van der Waals surface area contributed by atoms with Gasteiger partial charge in [-0.15, -0.1) is 0 Å². The zero-order chi connectivity index (χ0) is 22.8. The van der Waals surface area contributed by atoms with Gasteiger partial charge >= 0.3 is 0 Å². The number of carbonyl (C=O) groups excluding carboxylic acids is 2. The zero-order valence-corrected chi connectivity index (χ0v) is 17.4. The molecule has 0 saturated carbocycles. The van der Waals surface area contributed by atoms with Crippen molar-refractivity contribution < 1.29 is 18.7 Å². The summed E-state index contributed by atoms with van der Waals surface area (Å²) in [7, 11) is 1.44. The number of aromatic nitrogens is 2. The van der Waals surface area contributed by atoms with E-state index in [0.29, 0.717) is 22.1 Å². The maximum atomic E-state index is 13.1. The molecular formula is C21H17ClFN5O4. The van der Waals surface area contributed by atoms with Crippen LogP contribution in [0.15, 0.2) is 47.3 Å². The van der Waals surface area contributed by atoms with E-state index in [1.54, 1.807) is 12.1 Å². The summed E-state index contributed by atoms with van der Waals surface area (Å²) >= 11 is 6.00. The molecule has 1 aromatic heterocycles. The minimum Gasteiger partial charge on any atom is -0.495 e. The summed E-state index contributed by atoms with van der Waals surface area (Å²) in [5.41, 5.74) is 0.195. The van der Waals surface area contributed by atoms with Gasteiger partial charge in [0.05, 0.1) is 24.3 Å². The van der Waals surface area contributed by atoms with Crippen LogP contribution in [0.4, 0.5) is 27.5 Å². The van der Waals surface area contributed by atoms with Crippen molar-refractivity contribution in [2.75, 3.05) is 23.1 Å². The van der Waals surface area contributed by atoms with Crippen LogP contribution < -0.4 is 26.2 Å². The molecule has 32 heavy (non-hydrogen) atoms. The van der Waals surface area contributed by atoms with Crippen molar-refractivity contribution in [1.29, 1.82) is 0 Å². The van der Waals surface area contributed by atoms with E-state index < -0.39 is 29.1 Å². The lowest BCUT2D eigenvalue weighted by atomic mass is 9.92. The van der Waals surface area contributed by atoms with Gasteiger partial charge in [0.1, 0.15) is 17.4 Å². The molecule has 4 N–H and O–H groups in total. The first kappa shape index (κ1) is 21.3. The monoisotopic (exact) mass is 457 g/mol. The molecule has 1 aliphatic rings. The number of nitrogens with zero attached hydrogens (tertiary/aromatic N) is 1. The third-order valence-electron chi connectivity index (χ3n) is 4.79. The number of hydrogen-bond acceptors (Lipinski definition) is 6. The number of benzene rings is 2.